The van der Waals surface area contributed by atoms with Crippen molar-refractivity contribution < 1.29 is 9.47 Å². The van der Waals surface area contributed by atoms with Crippen molar-refractivity contribution in [3.8, 4) is 11.5 Å². The van der Waals surface area contributed by atoms with E-state index in [0.29, 0.717) is 12.5 Å². The van der Waals surface area contributed by atoms with Gasteiger partial charge in [0.15, 0.2) is 17.1 Å². The van der Waals surface area contributed by atoms with E-state index in [1.807, 2.05) is 42.6 Å². The Bertz CT molecular complexity index is 736. The average Bonchev–Trinajstić information content (AvgIpc) is 3.11. The minimum atomic E-state index is 0.277. The first-order valence-corrected chi connectivity index (χ1v) is 6.33. The van der Waals surface area contributed by atoms with E-state index in [4.69, 9.17) is 9.47 Å². The predicted molar refractivity (Wildman–Crippen MR) is 72.9 cm³/mol. The van der Waals surface area contributed by atoms with Crippen LogP contribution in [-0.2, 0) is 6.54 Å². The molecule has 0 spiro atoms. The number of ether oxygens (including phenoxy) is 2. The highest BCUT2D eigenvalue weighted by atomic mass is 16.7. The highest BCUT2D eigenvalue weighted by Gasteiger charge is 2.17. The summed E-state index contributed by atoms with van der Waals surface area (Å²) in [6.07, 6.45) is 1.87. The second kappa shape index (κ2) is 4.41. The lowest BCUT2D eigenvalue weighted by Gasteiger charge is -2.05. The summed E-state index contributed by atoms with van der Waals surface area (Å²) in [6.45, 7) is 0.863. The summed E-state index contributed by atoms with van der Waals surface area (Å²) < 4.78 is 12.6. The minimum Gasteiger partial charge on any atom is -0.454 e. The van der Waals surface area contributed by atoms with Crippen molar-refractivity contribution in [1.82, 2.24) is 14.6 Å². The molecule has 0 saturated heterocycles. The van der Waals surface area contributed by atoms with E-state index in [1.165, 1.54) is 0 Å². The molecule has 1 aliphatic heterocycles. The van der Waals surface area contributed by atoms with Crippen molar-refractivity contribution in [1.29, 1.82) is 0 Å². The number of para-hydroxylation sites is 1. The van der Waals surface area contributed by atoms with Crippen molar-refractivity contribution >= 4 is 11.6 Å². The van der Waals surface area contributed by atoms with Gasteiger partial charge in [-0.25, -0.2) is 4.52 Å². The lowest BCUT2D eigenvalue weighted by Crippen LogP contribution is -2.02. The molecular formula is C14H12N4O2. The fourth-order valence-corrected chi connectivity index (χ4v) is 2.21. The van der Waals surface area contributed by atoms with Gasteiger partial charge in [0.25, 0.3) is 0 Å². The second-order valence-electron chi connectivity index (χ2n) is 4.44. The number of fused-ring (bicyclic) bond motifs is 2. The van der Waals surface area contributed by atoms with Crippen LogP contribution in [0.5, 0.6) is 11.5 Å². The predicted octanol–water partition coefficient (Wildman–Crippen LogP) is 2.07. The van der Waals surface area contributed by atoms with E-state index in [1.54, 1.807) is 4.52 Å². The molecule has 0 unspecified atom stereocenters. The summed E-state index contributed by atoms with van der Waals surface area (Å²) >= 11 is 0. The zero-order chi connectivity index (χ0) is 13.4. The van der Waals surface area contributed by atoms with Crippen LogP contribution in [-0.4, -0.2) is 21.4 Å². The van der Waals surface area contributed by atoms with Gasteiger partial charge in [0.1, 0.15) is 0 Å². The minimum absolute atomic E-state index is 0.277. The number of nitrogens with zero attached hydrogens (tertiary/aromatic N) is 3. The normalized spacial score (nSPS) is 12.8. The first-order valence-electron chi connectivity index (χ1n) is 6.33. The van der Waals surface area contributed by atoms with Gasteiger partial charge in [0.2, 0.25) is 12.7 Å². The van der Waals surface area contributed by atoms with Gasteiger partial charge in [-0.1, -0.05) is 18.2 Å². The molecule has 0 atom stereocenters. The van der Waals surface area contributed by atoms with Crippen LogP contribution < -0.4 is 14.8 Å². The standard InChI is InChI=1S/C14H12N4O2/c1-2-7-18-12(6-1)16-14(17-18)15-8-10-4-3-5-11-13(10)20-9-19-11/h1-7H,8-9H2,(H,15,17). The first-order chi connectivity index (χ1) is 9.90. The van der Waals surface area contributed by atoms with Crippen molar-refractivity contribution in [3.63, 3.8) is 0 Å². The van der Waals surface area contributed by atoms with Gasteiger partial charge in [-0.3, -0.25) is 0 Å². The summed E-state index contributed by atoms with van der Waals surface area (Å²) in [5.41, 5.74) is 1.84. The molecule has 100 valence electrons. The Kier molecular flexibility index (Phi) is 2.45. The zero-order valence-electron chi connectivity index (χ0n) is 10.6. The Morgan fingerprint density at radius 1 is 1.15 bits per heavy atom. The Labute approximate surface area is 115 Å². The molecule has 1 aliphatic rings. The van der Waals surface area contributed by atoms with Crippen LogP contribution >= 0.6 is 0 Å². The van der Waals surface area contributed by atoms with E-state index in [0.717, 1.165) is 22.7 Å². The molecule has 6 heteroatoms. The molecule has 1 N–H and O–H groups in total. The lowest BCUT2D eigenvalue weighted by molar-refractivity contribution is 0.173. The van der Waals surface area contributed by atoms with Gasteiger partial charge in [0.05, 0.1) is 0 Å². The Morgan fingerprint density at radius 2 is 2.15 bits per heavy atom. The third-order valence-electron chi connectivity index (χ3n) is 3.16. The SMILES string of the molecule is c1cc(CNc2nc3ccccn3n2)c2c(c1)OCO2. The molecule has 0 amide bonds. The number of nitrogens with one attached hydrogen (secondary N) is 1. The molecule has 1 aromatic carbocycles. The van der Waals surface area contributed by atoms with Gasteiger partial charge in [-0.2, -0.15) is 4.98 Å². The number of aromatic nitrogens is 3. The molecule has 0 saturated carbocycles. The number of benzene rings is 1. The monoisotopic (exact) mass is 268 g/mol. The molecule has 0 radical (unpaired) electrons. The topological polar surface area (TPSA) is 60.7 Å². The highest BCUT2D eigenvalue weighted by Crippen LogP contribution is 2.35. The van der Waals surface area contributed by atoms with E-state index < -0.39 is 0 Å². The van der Waals surface area contributed by atoms with Gasteiger partial charge >= 0.3 is 0 Å². The van der Waals surface area contributed by atoms with Crippen molar-refractivity contribution in [2.24, 2.45) is 0 Å². The third kappa shape index (κ3) is 1.82. The Hall–Kier alpha value is -2.76. The fourth-order valence-electron chi connectivity index (χ4n) is 2.21. The molecule has 4 rings (SSSR count). The lowest BCUT2D eigenvalue weighted by atomic mass is 10.2. The maximum absolute atomic E-state index is 5.47. The van der Waals surface area contributed by atoms with Gasteiger partial charge in [-0.15, -0.1) is 5.10 Å². The number of anilines is 1. The van der Waals surface area contributed by atoms with Gasteiger partial charge in [0, 0.05) is 18.3 Å². The number of pyridine rings is 1. The highest BCUT2D eigenvalue weighted by molar-refractivity contribution is 5.50. The van der Waals surface area contributed by atoms with Crippen molar-refractivity contribution in [2.75, 3.05) is 12.1 Å². The van der Waals surface area contributed by atoms with Gasteiger partial charge in [-0.05, 0) is 18.2 Å². The summed E-state index contributed by atoms with van der Waals surface area (Å²) in [5, 5.41) is 7.55. The number of hydrogen-bond donors (Lipinski definition) is 1. The molecular weight excluding hydrogens is 256 g/mol. The van der Waals surface area contributed by atoms with Crippen LogP contribution in [0.25, 0.3) is 5.65 Å². The summed E-state index contributed by atoms with van der Waals surface area (Å²) in [4.78, 5) is 4.39. The average molecular weight is 268 g/mol. The summed E-state index contributed by atoms with van der Waals surface area (Å²) in [7, 11) is 0. The Balaban J connectivity index is 1.57. The van der Waals surface area contributed by atoms with Crippen LogP contribution in [0.3, 0.4) is 0 Å². The van der Waals surface area contributed by atoms with Crippen molar-refractivity contribution in [2.45, 2.75) is 6.54 Å². The summed E-state index contributed by atoms with van der Waals surface area (Å²) in [5.74, 6) is 2.17. The molecule has 0 aliphatic carbocycles. The second-order valence-corrected chi connectivity index (χ2v) is 4.44. The van der Waals surface area contributed by atoms with Crippen LogP contribution in [0.15, 0.2) is 42.6 Å². The number of hydrogen-bond acceptors (Lipinski definition) is 5. The Morgan fingerprint density at radius 3 is 3.10 bits per heavy atom. The molecule has 0 bridgehead atoms. The molecule has 3 aromatic rings. The fraction of sp³-hybridized carbons (Fsp3) is 0.143. The first kappa shape index (κ1) is 11.1. The zero-order valence-corrected chi connectivity index (χ0v) is 10.6. The van der Waals surface area contributed by atoms with Crippen LogP contribution in [0.4, 0.5) is 5.95 Å². The smallest absolute Gasteiger partial charge is 0.243 e. The van der Waals surface area contributed by atoms with E-state index >= 15 is 0 Å². The largest absolute Gasteiger partial charge is 0.454 e. The molecule has 2 aromatic heterocycles. The molecule has 0 fully saturated rings. The summed E-state index contributed by atoms with van der Waals surface area (Å²) in [6, 6.07) is 11.6. The van der Waals surface area contributed by atoms with Crippen molar-refractivity contribution in [3.05, 3.63) is 48.2 Å². The van der Waals surface area contributed by atoms with E-state index in [-0.39, 0.29) is 6.79 Å². The van der Waals surface area contributed by atoms with E-state index in [2.05, 4.69) is 15.4 Å². The molecule has 3 heterocycles. The third-order valence-corrected chi connectivity index (χ3v) is 3.16. The molecule has 20 heavy (non-hydrogen) atoms. The molecule has 6 nitrogen and oxygen atoms in total. The van der Waals surface area contributed by atoms with Crippen LogP contribution in [0.1, 0.15) is 5.56 Å². The quantitative estimate of drug-likeness (QED) is 0.788. The van der Waals surface area contributed by atoms with Crippen LogP contribution in [0.2, 0.25) is 0 Å². The van der Waals surface area contributed by atoms with Crippen LogP contribution in [0, 0.1) is 0 Å². The van der Waals surface area contributed by atoms with Gasteiger partial charge < -0.3 is 14.8 Å². The van der Waals surface area contributed by atoms with E-state index in [9.17, 15) is 0 Å². The maximum atomic E-state index is 5.47. The maximum Gasteiger partial charge on any atom is 0.243 e. The number of rotatable bonds is 3.